The molecule has 3 rings (SSSR count). The smallest absolute Gasteiger partial charge is 0.171 e. The summed E-state index contributed by atoms with van der Waals surface area (Å²) >= 11 is 0. The van der Waals surface area contributed by atoms with Gasteiger partial charge in [-0.25, -0.2) is 13.8 Å². The third kappa shape index (κ3) is 1.59. The minimum atomic E-state index is -0.830. The van der Waals surface area contributed by atoms with Crippen LogP contribution in [0.25, 0.3) is 0 Å². The van der Waals surface area contributed by atoms with Crippen LogP contribution in [0.1, 0.15) is 5.56 Å². The van der Waals surface area contributed by atoms with Crippen LogP contribution in [0.3, 0.4) is 0 Å². The number of hydrogen-bond donors (Lipinski definition) is 1. The Morgan fingerprint density at radius 2 is 1.94 bits per heavy atom. The lowest BCUT2D eigenvalue weighted by Crippen LogP contribution is -2.17. The minimum Gasteiger partial charge on any atom is -0.381 e. The zero-order chi connectivity index (χ0) is 12.7. The summed E-state index contributed by atoms with van der Waals surface area (Å²) in [6.07, 6.45) is 0.814. The summed E-state index contributed by atoms with van der Waals surface area (Å²) in [5.41, 5.74) is 7.42. The standard InChI is InChI=1S/C13H11F2N3/c14-9-7-10(15)13(17-12(9)16)18-6-5-8-3-1-2-4-11(8)18/h1-4,7H,5-6H2,(H2,16,17). The molecule has 0 unspecified atom stereocenters. The molecule has 0 spiro atoms. The Labute approximate surface area is 103 Å². The summed E-state index contributed by atoms with van der Waals surface area (Å²) in [6, 6.07) is 8.47. The predicted octanol–water partition coefficient (Wildman–Crippen LogP) is 2.64. The van der Waals surface area contributed by atoms with Crippen LogP contribution in [0.5, 0.6) is 0 Å². The van der Waals surface area contributed by atoms with E-state index in [1.807, 2.05) is 24.3 Å². The Morgan fingerprint density at radius 3 is 2.78 bits per heavy atom. The molecule has 0 amide bonds. The number of rotatable bonds is 1. The van der Waals surface area contributed by atoms with Crippen LogP contribution in [0.15, 0.2) is 30.3 Å². The molecule has 0 bridgehead atoms. The molecule has 1 aromatic heterocycles. The van der Waals surface area contributed by atoms with Gasteiger partial charge < -0.3 is 10.6 Å². The first-order valence-corrected chi connectivity index (χ1v) is 5.64. The summed E-state index contributed by atoms with van der Waals surface area (Å²) in [5, 5.41) is 0. The lowest BCUT2D eigenvalue weighted by molar-refractivity contribution is 0.576. The van der Waals surface area contributed by atoms with Crippen LogP contribution in [-0.4, -0.2) is 11.5 Å². The third-order valence-corrected chi connectivity index (χ3v) is 3.08. The summed E-state index contributed by atoms with van der Waals surface area (Å²) in [6.45, 7) is 0.619. The van der Waals surface area contributed by atoms with E-state index in [1.54, 1.807) is 4.90 Å². The van der Waals surface area contributed by atoms with Crippen molar-refractivity contribution in [3.63, 3.8) is 0 Å². The molecule has 2 aromatic rings. The second kappa shape index (κ2) is 3.94. The maximum Gasteiger partial charge on any atom is 0.171 e. The molecule has 1 aromatic carbocycles. The number of fused-ring (bicyclic) bond motifs is 1. The molecule has 92 valence electrons. The number of aromatic nitrogens is 1. The number of nitrogens with two attached hydrogens (primary N) is 1. The van der Waals surface area contributed by atoms with Crippen LogP contribution < -0.4 is 10.6 Å². The summed E-state index contributed by atoms with van der Waals surface area (Å²) < 4.78 is 26.9. The highest BCUT2D eigenvalue weighted by molar-refractivity contribution is 5.68. The van der Waals surface area contributed by atoms with E-state index in [2.05, 4.69) is 4.98 Å². The van der Waals surface area contributed by atoms with Crippen molar-refractivity contribution in [1.29, 1.82) is 0 Å². The van der Waals surface area contributed by atoms with Crippen LogP contribution in [-0.2, 0) is 6.42 Å². The SMILES string of the molecule is Nc1nc(N2CCc3ccccc32)c(F)cc1F. The fourth-order valence-electron chi connectivity index (χ4n) is 2.22. The molecular formula is C13H11F2N3. The van der Waals surface area contributed by atoms with Gasteiger partial charge in [0.2, 0.25) is 0 Å². The van der Waals surface area contributed by atoms with Gasteiger partial charge in [-0.1, -0.05) is 18.2 Å². The highest BCUT2D eigenvalue weighted by Gasteiger charge is 2.24. The topological polar surface area (TPSA) is 42.1 Å². The first-order valence-electron chi connectivity index (χ1n) is 5.64. The lowest BCUT2D eigenvalue weighted by Gasteiger charge is -2.19. The van der Waals surface area contributed by atoms with E-state index in [0.29, 0.717) is 6.54 Å². The molecule has 0 saturated carbocycles. The van der Waals surface area contributed by atoms with Crippen molar-refractivity contribution in [2.75, 3.05) is 17.2 Å². The summed E-state index contributed by atoms with van der Waals surface area (Å²) in [4.78, 5) is 5.53. The Hall–Kier alpha value is -2.17. The zero-order valence-electron chi connectivity index (χ0n) is 9.53. The average molecular weight is 247 g/mol. The fourth-order valence-corrected chi connectivity index (χ4v) is 2.22. The van der Waals surface area contributed by atoms with Gasteiger partial charge in [-0.05, 0) is 18.1 Å². The van der Waals surface area contributed by atoms with Gasteiger partial charge in [0, 0.05) is 18.3 Å². The Bertz CT molecular complexity index is 613. The monoisotopic (exact) mass is 247 g/mol. The first kappa shape index (κ1) is 11.0. The van der Waals surface area contributed by atoms with Gasteiger partial charge in [0.25, 0.3) is 0 Å². The molecule has 0 fully saturated rings. The molecule has 18 heavy (non-hydrogen) atoms. The van der Waals surface area contributed by atoms with Gasteiger partial charge in [-0.3, -0.25) is 0 Å². The van der Waals surface area contributed by atoms with Crippen molar-refractivity contribution in [2.24, 2.45) is 0 Å². The Morgan fingerprint density at radius 1 is 1.17 bits per heavy atom. The van der Waals surface area contributed by atoms with E-state index in [1.165, 1.54) is 0 Å². The van der Waals surface area contributed by atoms with Gasteiger partial charge in [-0.15, -0.1) is 0 Å². The van der Waals surface area contributed by atoms with E-state index >= 15 is 0 Å². The van der Waals surface area contributed by atoms with Gasteiger partial charge in [0.15, 0.2) is 23.3 Å². The minimum absolute atomic E-state index is 0.0823. The van der Waals surface area contributed by atoms with Crippen LogP contribution in [0.2, 0.25) is 0 Å². The van der Waals surface area contributed by atoms with Crippen molar-refractivity contribution < 1.29 is 8.78 Å². The molecule has 0 saturated heterocycles. The van der Waals surface area contributed by atoms with Crippen molar-refractivity contribution in [3.8, 4) is 0 Å². The van der Waals surface area contributed by atoms with E-state index < -0.39 is 11.6 Å². The average Bonchev–Trinajstić information content (AvgIpc) is 2.78. The van der Waals surface area contributed by atoms with Gasteiger partial charge in [0.05, 0.1) is 0 Å². The van der Waals surface area contributed by atoms with Crippen LogP contribution >= 0.6 is 0 Å². The number of halogens is 2. The number of pyridine rings is 1. The maximum atomic E-state index is 13.8. The largest absolute Gasteiger partial charge is 0.381 e. The van der Waals surface area contributed by atoms with Gasteiger partial charge >= 0.3 is 0 Å². The molecule has 3 nitrogen and oxygen atoms in total. The lowest BCUT2D eigenvalue weighted by atomic mass is 10.2. The molecule has 0 aliphatic carbocycles. The van der Waals surface area contributed by atoms with Gasteiger partial charge in [-0.2, -0.15) is 0 Å². The van der Waals surface area contributed by atoms with Crippen molar-refractivity contribution in [2.45, 2.75) is 6.42 Å². The number of hydrogen-bond acceptors (Lipinski definition) is 3. The second-order valence-corrected chi connectivity index (χ2v) is 4.19. The second-order valence-electron chi connectivity index (χ2n) is 4.19. The summed E-state index contributed by atoms with van der Waals surface area (Å²) in [5.74, 6) is -1.73. The van der Waals surface area contributed by atoms with Gasteiger partial charge in [0.1, 0.15) is 0 Å². The molecule has 0 radical (unpaired) electrons. The van der Waals surface area contributed by atoms with Crippen LogP contribution in [0.4, 0.5) is 26.1 Å². The number of nitrogens with zero attached hydrogens (tertiary/aromatic N) is 2. The molecule has 1 aliphatic heterocycles. The first-order chi connectivity index (χ1) is 8.66. The molecule has 2 heterocycles. The van der Waals surface area contributed by atoms with Crippen LogP contribution in [0, 0.1) is 11.6 Å². The normalized spacial score (nSPS) is 13.8. The summed E-state index contributed by atoms with van der Waals surface area (Å²) in [7, 11) is 0. The van der Waals surface area contributed by atoms with E-state index in [-0.39, 0.29) is 11.6 Å². The molecule has 0 atom stereocenters. The van der Waals surface area contributed by atoms with E-state index in [4.69, 9.17) is 5.73 Å². The number of para-hydroxylation sites is 1. The number of anilines is 3. The highest BCUT2D eigenvalue weighted by Crippen LogP contribution is 2.35. The molecular weight excluding hydrogens is 236 g/mol. The van der Waals surface area contributed by atoms with E-state index in [0.717, 1.165) is 23.7 Å². The number of nitrogen functional groups attached to an aromatic ring is 1. The Kier molecular flexibility index (Phi) is 2.40. The van der Waals surface area contributed by atoms with Crippen molar-refractivity contribution in [3.05, 3.63) is 47.5 Å². The maximum absolute atomic E-state index is 13.8. The number of benzene rings is 1. The van der Waals surface area contributed by atoms with E-state index in [9.17, 15) is 8.78 Å². The predicted molar refractivity (Wildman–Crippen MR) is 65.7 cm³/mol. The fraction of sp³-hybridized carbons (Fsp3) is 0.154. The highest BCUT2D eigenvalue weighted by atomic mass is 19.1. The van der Waals surface area contributed by atoms with Crippen molar-refractivity contribution >= 4 is 17.3 Å². The molecule has 1 aliphatic rings. The third-order valence-electron chi connectivity index (χ3n) is 3.08. The Balaban J connectivity index is 2.10. The quantitative estimate of drug-likeness (QED) is 0.842. The zero-order valence-corrected chi connectivity index (χ0v) is 9.53. The van der Waals surface area contributed by atoms with Crippen molar-refractivity contribution in [1.82, 2.24) is 4.98 Å². The molecule has 2 N–H and O–H groups in total. The molecule has 5 heteroatoms.